The van der Waals surface area contributed by atoms with E-state index in [0.717, 1.165) is 11.3 Å². The van der Waals surface area contributed by atoms with E-state index in [-0.39, 0.29) is 41.2 Å². The fourth-order valence-electron chi connectivity index (χ4n) is 6.01. The molecule has 0 amide bonds. The molecular weight excluding hydrogens is 408 g/mol. The van der Waals surface area contributed by atoms with Gasteiger partial charge in [-0.3, -0.25) is 9.59 Å². The lowest BCUT2D eigenvalue weighted by molar-refractivity contribution is -0.246. The van der Waals surface area contributed by atoms with Crippen molar-refractivity contribution >= 4 is 11.6 Å². The monoisotopic (exact) mass is 442 g/mol. The van der Waals surface area contributed by atoms with E-state index >= 15 is 0 Å². The molecular formula is C26H34O6. The van der Waals surface area contributed by atoms with Crippen molar-refractivity contribution < 1.29 is 28.5 Å². The van der Waals surface area contributed by atoms with Crippen LogP contribution in [0.15, 0.2) is 36.9 Å². The van der Waals surface area contributed by atoms with Crippen molar-refractivity contribution in [2.24, 2.45) is 29.6 Å². The minimum atomic E-state index is -0.815. The van der Waals surface area contributed by atoms with Crippen LogP contribution in [-0.2, 0) is 30.4 Å². The summed E-state index contributed by atoms with van der Waals surface area (Å²) in [5.74, 6) is -0.634. The molecule has 2 aliphatic carbocycles. The molecule has 3 aliphatic rings. The third kappa shape index (κ3) is 4.28. The normalized spacial score (nSPS) is 31.5. The van der Waals surface area contributed by atoms with Gasteiger partial charge in [0.2, 0.25) is 0 Å². The van der Waals surface area contributed by atoms with Gasteiger partial charge in [-0.2, -0.15) is 0 Å². The van der Waals surface area contributed by atoms with Crippen molar-refractivity contribution in [1.29, 1.82) is 0 Å². The number of methoxy groups -OCH3 is 1. The number of allylic oxidation sites excluding steroid dienone is 1. The van der Waals surface area contributed by atoms with Crippen molar-refractivity contribution in [3.05, 3.63) is 42.5 Å². The second-order valence-corrected chi connectivity index (χ2v) is 9.20. The highest BCUT2D eigenvalue weighted by Crippen LogP contribution is 2.54. The van der Waals surface area contributed by atoms with Crippen molar-refractivity contribution in [2.45, 2.75) is 45.0 Å². The highest BCUT2D eigenvalue weighted by atomic mass is 16.7. The molecule has 1 aromatic rings. The zero-order valence-electron chi connectivity index (χ0n) is 19.1. The minimum Gasteiger partial charge on any atom is -0.497 e. The van der Waals surface area contributed by atoms with Crippen LogP contribution < -0.4 is 4.74 Å². The lowest BCUT2D eigenvalue weighted by Crippen LogP contribution is -2.61. The van der Waals surface area contributed by atoms with Crippen LogP contribution in [0.5, 0.6) is 5.75 Å². The summed E-state index contributed by atoms with van der Waals surface area (Å²) < 4.78 is 23.3. The number of carbonyl (C=O) groups is 2. The summed E-state index contributed by atoms with van der Waals surface area (Å²) in [6, 6.07) is 7.77. The maximum Gasteiger partial charge on any atom is 0.173 e. The summed E-state index contributed by atoms with van der Waals surface area (Å²) in [6.07, 6.45) is 3.96. The summed E-state index contributed by atoms with van der Waals surface area (Å²) in [7, 11) is 1.64. The number of fused-ring (bicyclic) bond motifs is 2. The molecule has 6 heteroatoms. The van der Waals surface area contributed by atoms with E-state index in [1.807, 2.05) is 31.2 Å². The van der Waals surface area contributed by atoms with E-state index in [1.54, 1.807) is 13.2 Å². The van der Waals surface area contributed by atoms with Crippen LogP contribution in [0.25, 0.3) is 0 Å². The molecule has 1 saturated heterocycles. The SMILES string of the molecule is C=CC[C@H]1C(=O)[C@H](C)[C@@H](CCOCc2ccc(OC)cc2)[C@@H]2C(=O)CCC3(OCCO3)[C@@H]21. The van der Waals surface area contributed by atoms with E-state index in [1.165, 1.54) is 0 Å². The Morgan fingerprint density at radius 3 is 2.56 bits per heavy atom. The van der Waals surface area contributed by atoms with Gasteiger partial charge in [0.1, 0.15) is 17.3 Å². The molecule has 0 unspecified atom stereocenters. The molecule has 4 rings (SSSR count). The van der Waals surface area contributed by atoms with Crippen molar-refractivity contribution in [3.63, 3.8) is 0 Å². The quantitative estimate of drug-likeness (QED) is 0.448. The first-order chi connectivity index (χ1) is 15.5. The molecule has 0 bridgehead atoms. The maximum atomic E-state index is 13.4. The number of rotatable bonds is 8. The van der Waals surface area contributed by atoms with Crippen molar-refractivity contribution in [2.75, 3.05) is 26.9 Å². The summed E-state index contributed by atoms with van der Waals surface area (Å²) >= 11 is 0. The predicted molar refractivity (Wildman–Crippen MR) is 119 cm³/mol. The molecule has 0 N–H and O–H groups in total. The Bertz CT molecular complexity index is 825. The molecule has 174 valence electrons. The Labute approximate surface area is 190 Å². The van der Waals surface area contributed by atoms with Crippen LogP contribution in [0, 0.1) is 29.6 Å². The number of Topliss-reactive ketones (excluding diaryl/α,β-unsaturated/α-hetero) is 2. The number of hydrogen-bond donors (Lipinski definition) is 0. The second kappa shape index (κ2) is 9.86. The smallest absolute Gasteiger partial charge is 0.173 e. The van der Waals surface area contributed by atoms with Crippen molar-refractivity contribution in [3.8, 4) is 5.75 Å². The van der Waals surface area contributed by atoms with Crippen LogP contribution in [0.1, 0.15) is 38.2 Å². The number of ether oxygens (including phenoxy) is 4. The first kappa shape index (κ1) is 23.1. The van der Waals surface area contributed by atoms with E-state index < -0.39 is 5.79 Å². The molecule has 1 heterocycles. The van der Waals surface area contributed by atoms with Gasteiger partial charge in [-0.15, -0.1) is 6.58 Å². The topological polar surface area (TPSA) is 71.1 Å². The van der Waals surface area contributed by atoms with E-state index in [0.29, 0.717) is 52.1 Å². The fraction of sp³-hybridized carbons (Fsp3) is 0.615. The fourth-order valence-corrected chi connectivity index (χ4v) is 6.01. The van der Waals surface area contributed by atoms with E-state index in [2.05, 4.69) is 6.58 Å². The summed E-state index contributed by atoms with van der Waals surface area (Å²) in [5, 5.41) is 0. The third-order valence-electron chi connectivity index (χ3n) is 7.56. The molecule has 0 radical (unpaired) electrons. The number of carbonyl (C=O) groups excluding carboxylic acids is 2. The minimum absolute atomic E-state index is 0.0677. The van der Waals surface area contributed by atoms with Gasteiger partial charge in [0.05, 0.1) is 26.9 Å². The summed E-state index contributed by atoms with van der Waals surface area (Å²) in [4.78, 5) is 26.6. The van der Waals surface area contributed by atoms with Gasteiger partial charge in [-0.25, -0.2) is 0 Å². The van der Waals surface area contributed by atoms with Gasteiger partial charge >= 0.3 is 0 Å². The largest absolute Gasteiger partial charge is 0.497 e. The predicted octanol–water partition coefficient (Wildman–Crippen LogP) is 3.97. The van der Waals surface area contributed by atoms with E-state index in [9.17, 15) is 9.59 Å². The lowest BCUT2D eigenvalue weighted by Gasteiger charge is -2.53. The number of benzene rings is 1. The molecule has 1 aromatic carbocycles. The Morgan fingerprint density at radius 2 is 1.91 bits per heavy atom. The Balaban J connectivity index is 1.48. The zero-order valence-corrected chi connectivity index (χ0v) is 19.1. The molecule has 3 fully saturated rings. The lowest BCUT2D eigenvalue weighted by atomic mass is 9.53. The first-order valence-corrected chi connectivity index (χ1v) is 11.7. The molecule has 5 atom stereocenters. The van der Waals surface area contributed by atoms with Crippen LogP contribution in [0.2, 0.25) is 0 Å². The van der Waals surface area contributed by atoms with Gasteiger partial charge < -0.3 is 18.9 Å². The van der Waals surface area contributed by atoms with Gasteiger partial charge in [0, 0.05) is 43.1 Å². The number of hydrogen-bond acceptors (Lipinski definition) is 6. The highest BCUT2D eigenvalue weighted by molar-refractivity contribution is 5.90. The Morgan fingerprint density at radius 1 is 1.19 bits per heavy atom. The summed E-state index contributed by atoms with van der Waals surface area (Å²) in [6.45, 7) is 7.82. The molecule has 2 saturated carbocycles. The van der Waals surface area contributed by atoms with Gasteiger partial charge in [0.15, 0.2) is 5.79 Å². The third-order valence-corrected chi connectivity index (χ3v) is 7.56. The molecule has 1 spiro atoms. The standard InChI is InChI=1S/C26H34O6/c1-4-5-21-24-23(22(27)10-12-26(24)31-14-15-32-26)20(17(2)25(21)28)11-13-30-16-18-6-8-19(29-3)9-7-18/h4,6-9,17,20-21,23-24H,1,5,10-16H2,2-3H3/t17-,20-,21-,23-,24-/m1/s1. The van der Waals surface area contributed by atoms with Gasteiger partial charge in [-0.05, 0) is 36.5 Å². The van der Waals surface area contributed by atoms with E-state index in [4.69, 9.17) is 18.9 Å². The van der Waals surface area contributed by atoms with Crippen LogP contribution in [0.3, 0.4) is 0 Å². The van der Waals surface area contributed by atoms with Crippen molar-refractivity contribution in [1.82, 2.24) is 0 Å². The van der Waals surface area contributed by atoms with Crippen LogP contribution >= 0.6 is 0 Å². The molecule has 0 aromatic heterocycles. The Kier molecular flexibility index (Phi) is 7.13. The molecule has 6 nitrogen and oxygen atoms in total. The van der Waals surface area contributed by atoms with Crippen LogP contribution in [0.4, 0.5) is 0 Å². The average Bonchev–Trinajstić information content (AvgIpc) is 3.28. The first-order valence-electron chi connectivity index (χ1n) is 11.7. The summed E-state index contributed by atoms with van der Waals surface area (Å²) in [5.41, 5.74) is 1.06. The average molecular weight is 443 g/mol. The molecule has 32 heavy (non-hydrogen) atoms. The Hall–Kier alpha value is -2.02. The second-order valence-electron chi connectivity index (χ2n) is 9.20. The van der Waals surface area contributed by atoms with Gasteiger partial charge in [0.25, 0.3) is 0 Å². The molecule has 1 aliphatic heterocycles. The van der Waals surface area contributed by atoms with Gasteiger partial charge in [-0.1, -0.05) is 25.1 Å². The maximum absolute atomic E-state index is 13.4. The zero-order chi connectivity index (χ0) is 22.7. The highest BCUT2D eigenvalue weighted by Gasteiger charge is 2.62. The van der Waals surface area contributed by atoms with Crippen LogP contribution in [-0.4, -0.2) is 44.3 Å². The number of ketones is 2.